The smallest absolute Gasteiger partial charge is 0.110 e. The average molecular weight is 238 g/mol. The summed E-state index contributed by atoms with van der Waals surface area (Å²) in [6, 6.07) is 9.73. The van der Waals surface area contributed by atoms with Crippen LogP contribution in [0.4, 0.5) is 0 Å². The zero-order valence-electron chi connectivity index (χ0n) is 9.98. The maximum Gasteiger partial charge on any atom is 0.110 e. The average Bonchev–Trinajstić information content (AvgIpc) is 3.09. The fraction of sp³-hybridized carbons (Fsp3) is 0.286. The van der Waals surface area contributed by atoms with Crippen LogP contribution in [0.5, 0.6) is 0 Å². The predicted molar refractivity (Wildman–Crippen MR) is 69.0 cm³/mol. The first-order valence-corrected chi connectivity index (χ1v) is 6.13. The molecule has 0 aliphatic carbocycles. The molecule has 1 fully saturated rings. The summed E-state index contributed by atoms with van der Waals surface area (Å²) in [4.78, 5) is 7.81. The van der Waals surface area contributed by atoms with Crippen molar-refractivity contribution in [3.05, 3.63) is 41.9 Å². The number of benzene rings is 1. The molecule has 0 saturated carbocycles. The topological polar surface area (TPSA) is 64.5 Å². The van der Waals surface area contributed by atoms with Crippen LogP contribution < -0.4 is 5.32 Å². The highest BCUT2D eigenvalue weighted by atomic mass is 15.0. The molecule has 2 N–H and O–H groups in total. The molecule has 3 rings (SSSR count). The molecule has 0 radical (unpaired) electrons. The van der Waals surface area contributed by atoms with Gasteiger partial charge in [-0.3, -0.25) is 0 Å². The van der Waals surface area contributed by atoms with Crippen LogP contribution in [0.1, 0.15) is 23.7 Å². The first kappa shape index (κ1) is 11.0. The molecule has 2 aromatic rings. The zero-order valence-corrected chi connectivity index (χ0v) is 9.98. The number of imidazole rings is 1. The molecule has 0 amide bonds. The summed E-state index contributed by atoms with van der Waals surface area (Å²) in [7, 11) is 0. The molecule has 1 aromatic heterocycles. The summed E-state index contributed by atoms with van der Waals surface area (Å²) in [5, 5.41) is 12.2. The van der Waals surface area contributed by atoms with Crippen molar-refractivity contribution in [2.24, 2.45) is 0 Å². The Kier molecular flexibility index (Phi) is 2.83. The van der Waals surface area contributed by atoms with E-state index in [1.54, 1.807) is 0 Å². The minimum atomic E-state index is 0.484. The predicted octanol–water partition coefficient (Wildman–Crippen LogP) is 2.03. The van der Waals surface area contributed by atoms with Crippen molar-refractivity contribution >= 4 is 0 Å². The number of aromatic amines is 1. The Morgan fingerprint density at radius 2 is 2.33 bits per heavy atom. The number of nitrogens with zero attached hydrogens (tertiary/aromatic N) is 2. The van der Waals surface area contributed by atoms with Crippen LogP contribution in [-0.2, 0) is 0 Å². The van der Waals surface area contributed by atoms with Crippen molar-refractivity contribution in [1.29, 1.82) is 5.26 Å². The number of rotatable bonds is 2. The van der Waals surface area contributed by atoms with Gasteiger partial charge >= 0.3 is 0 Å². The summed E-state index contributed by atoms with van der Waals surface area (Å²) in [6.07, 6.45) is 2.98. The second kappa shape index (κ2) is 4.63. The number of nitriles is 1. The van der Waals surface area contributed by atoms with Gasteiger partial charge in [-0.1, -0.05) is 12.1 Å². The van der Waals surface area contributed by atoms with Gasteiger partial charge < -0.3 is 10.3 Å². The summed E-state index contributed by atoms with van der Waals surface area (Å²) in [6.45, 7) is 2.05. The molecule has 1 atom stereocenters. The van der Waals surface area contributed by atoms with Gasteiger partial charge in [-0.15, -0.1) is 0 Å². The van der Waals surface area contributed by atoms with Gasteiger partial charge in [0, 0.05) is 18.0 Å². The first-order chi connectivity index (χ1) is 8.86. The van der Waals surface area contributed by atoms with E-state index in [4.69, 9.17) is 5.26 Å². The largest absolute Gasteiger partial charge is 0.342 e. The lowest BCUT2D eigenvalue weighted by atomic mass is 10.1. The molecule has 4 nitrogen and oxygen atoms in total. The summed E-state index contributed by atoms with van der Waals surface area (Å²) >= 11 is 0. The fourth-order valence-electron chi connectivity index (χ4n) is 2.34. The lowest BCUT2D eigenvalue weighted by Gasteiger charge is -2.03. The van der Waals surface area contributed by atoms with E-state index in [9.17, 15) is 0 Å². The minimum Gasteiger partial charge on any atom is -0.342 e. The Morgan fingerprint density at radius 1 is 1.39 bits per heavy atom. The van der Waals surface area contributed by atoms with Gasteiger partial charge in [-0.05, 0) is 25.1 Å². The third-order valence-electron chi connectivity index (χ3n) is 3.35. The van der Waals surface area contributed by atoms with E-state index in [1.165, 1.54) is 0 Å². The Balaban J connectivity index is 1.90. The first-order valence-electron chi connectivity index (χ1n) is 6.13. The highest BCUT2D eigenvalue weighted by molar-refractivity contribution is 5.60. The highest BCUT2D eigenvalue weighted by Gasteiger charge is 2.19. The van der Waals surface area contributed by atoms with E-state index in [2.05, 4.69) is 21.4 Å². The molecule has 1 aliphatic heterocycles. The molecule has 1 aromatic carbocycles. The normalized spacial score (nSPS) is 18.7. The number of hydrogen-bond donors (Lipinski definition) is 2. The van der Waals surface area contributed by atoms with Crippen LogP contribution in [0.3, 0.4) is 0 Å². The third kappa shape index (κ3) is 2.01. The fourth-order valence-corrected chi connectivity index (χ4v) is 2.34. The van der Waals surface area contributed by atoms with Crippen LogP contribution >= 0.6 is 0 Å². The number of H-pyrrole nitrogens is 1. The third-order valence-corrected chi connectivity index (χ3v) is 3.35. The van der Waals surface area contributed by atoms with Crippen LogP contribution in [0, 0.1) is 11.3 Å². The second-order valence-electron chi connectivity index (χ2n) is 4.56. The van der Waals surface area contributed by atoms with Gasteiger partial charge in [-0.25, -0.2) is 4.98 Å². The van der Waals surface area contributed by atoms with Crippen molar-refractivity contribution in [3.63, 3.8) is 0 Å². The van der Waals surface area contributed by atoms with Gasteiger partial charge in [0.2, 0.25) is 0 Å². The van der Waals surface area contributed by atoms with Gasteiger partial charge in [0.05, 0.1) is 23.5 Å². The van der Waals surface area contributed by atoms with Gasteiger partial charge in [0.1, 0.15) is 5.82 Å². The molecule has 1 aliphatic rings. The van der Waals surface area contributed by atoms with Gasteiger partial charge in [0.15, 0.2) is 0 Å². The summed E-state index contributed by atoms with van der Waals surface area (Å²) in [5.41, 5.74) is 2.67. The van der Waals surface area contributed by atoms with Crippen molar-refractivity contribution in [1.82, 2.24) is 15.3 Å². The Morgan fingerprint density at radius 3 is 3.11 bits per heavy atom. The molecule has 0 spiro atoms. The summed E-state index contributed by atoms with van der Waals surface area (Å²) in [5.74, 6) is 1.52. The molecular formula is C14H14N4. The molecule has 0 bridgehead atoms. The number of nitrogens with one attached hydrogen (secondary N) is 2. The molecule has 2 heterocycles. The van der Waals surface area contributed by atoms with Crippen LogP contribution in [-0.4, -0.2) is 23.1 Å². The van der Waals surface area contributed by atoms with Gasteiger partial charge in [-0.2, -0.15) is 5.26 Å². The molecular weight excluding hydrogens is 224 g/mol. The maximum absolute atomic E-state index is 8.90. The van der Waals surface area contributed by atoms with Gasteiger partial charge in [0.25, 0.3) is 0 Å². The Bertz CT molecular complexity index is 588. The van der Waals surface area contributed by atoms with Crippen molar-refractivity contribution in [2.75, 3.05) is 13.1 Å². The molecule has 18 heavy (non-hydrogen) atoms. The molecule has 1 unspecified atom stereocenters. The van der Waals surface area contributed by atoms with Crippen molar-refractivity contribution in [2.45, 2.75) is 12.3 Å². The molecule has 1 saturated heterocycles. The molecule has 4 heteroatoms. The number of aromatic nitrogens is 2. The summed E-state index contributed by atoms with van der Waals surface area (Å²) < 4.78 is 0. The number of hydrogen-bond acceptors (Lipinski definition) is 3. The second-order valence-corrected chi connectivity index (χ2v) is 4.56. The molecule has 90 valence electrons. The lowest BCUT2D eigenvalue weighted by Crippen LogP contribution is -2.08. The van der Waals surface area contributed by atoms with Crippen LogP contribution in [0.15, 0.2) is 30.5 Å². The lowest BCUT2D eigenvalue weighted by molar-refractivity contribution is 0.715. The van der Waals surface area contributed by atoms with Crippen LogP contribution in [0.2, 0.25) is 0 Å². The minimum absolute atomic E-state index is 0.484. The Labute approximate surface area is 106 Å². The van der Waals surface area contributed by atoms with Crippen molar-refractivity contribution < 1.29 is 0 Å². The van der Waals surface area contributed by atoms with Crippen LogP contribution in [0.25, 0.3) is 11.3 Å². The van der Waals surface area contributed by atoms with E-state index in [1.807, 2.05) is 30.5 Å². The monoisotopic (exact) mass is 238 g/mol. The maximum atomic E-state index is 8.90. The van der Waals surface area contributed by atoms with E-state index in [0.29, 0.717) is 11.5 Å². The quantitative estimate of drug-likeness (QED) is 0.841. The van der Waals surface area contributed by atoms with E-state index in [0.717, 1.165) is 36.6 Å². The van der Waals surface area contributed by atoms with E-state index < -0.39 is 0 Å². The highest BCUT2D eigenvalue weighted by Crippen LogP contribution is 2.23. The van der Waals surface area contributed by atoms with E-state index in [-0.39, 0.29) is 0 Å². The SMILES string of the molecule is N#Cc1cccc(-c2cnc(C3CCNC3)[nH]2)c1. The standard InChI is InChI=1S/C14H14N4/c15-7-10-2-1-3-11(6-10)13-9-17-14(18-13)12-4-5-16-8-12/h1-3,6,9,12,16H,4-5,8H2,(H,17,18). The zero-order chi connectivity index (χ0) is 12.4. The Hall–Kier alpha value is -2.12. The van der Waals surface area contributed by atoms with E-state index >= 15 is 0 Å². The van der Waals surface area contributed by atoms with Crippen molar-refractivity contribution in [3.8, 4) is 17.3 Å².